The molecule has 2 N–H and O–H groups in total. The fourth-order valence-electron chi connectivity index (χ4n) is 3.42. The van der Waals surface area contributed by atoms with Crippen molar-refractivity contribution in [3.8, 4) is 0 Å². The molecule has 1 amide bonds. The number of nitrogens with zero attached hydrogens (tertiary/aromatic N) is 1. The van der Waals surface area contributed by atoms with Crippen LogP contribution in [0.4, 0.5) is 5.69 Å². The van der Waals surface area contributed by atoms with Gasteiger partial charge in [-0.15, -0.1) is 0 Å². The summed E-state index contributed by atoms with van der Waals surface area (Å²) in [5, 5.41) is 7.57. The van der Waals surface area contributed by atoms with E-state index < -0.39 is 0 Å². The summed E-state index contributed by atoms with van der Waals surface area (Å²) < 4.78 is 2.17. The predicted molar refractivity (Wildman–Crippen MR) is 115 cm³/mol. The Morgan fingerprint density at radius 1 is 1.19 bits per heavy atom. The Labute approximate surface area is 163 Å². The van der Waals surface area contributed by atoms with E-state index in [-0.39, 0.29) is 11.4 Å². The van der Waals surface area contributed by atoms with Crippen molar-refractivity contribution in [1.82, 2.24) is 9.88 Å². The number of amides is 1. The molecule has 4 nitrogen and oxygen atoms in total. The minimum absolute atomic E-state index is 0.0324. The highest BCUT2D eigenvalue weighted by molar-refractivity contribution is 8.05. The molecule has 0 bridgehead atoms. The number of benzene rings is 2. The van der Waals surface area contributed by atoms with Crippen molar-refractivity contribution in [2.45, 2.75) is 25.8 Å². The molecule has 1 aliphatic rings. The Kier molecular flexibility index (Phi) is 4.70. The summed E-state index contributed by atoms with van der Waals surface area (Å²) in [4.78, 5) is 13.2. The first kappa shape index (κ1) is 17.7. The molecule has 0 radical (unpaired) electrons. The van der Waals surface area contributed by atoms with Gasteiger partial charge in [0.1, 0.15) is 0 Å². The summed E-state index contributed by atoms with van der Waals surface area (Å²) in [6, 6.07) is 16.6. The smallest absolute Gasteiger partial charge is 0.260 e. The van der Waals surface area contributed by atoms with Gasteiger partial charge in [0.25, 0.3) is 5.91 Å². The fraction of sp³-hybridized carbons (Fsp3) is 0.227. The van der Waals surface area contributed by atoms with Crippen molar-refractivity contribution in [3.05, 3.63) is 70.3 Å². The molecule has 4 rings (SSSR count). The van der Waals surface area contributed by atoms with Crippen LogP contribution in [0.2, 0.25) is 0 Å². The van der Waals surface area contributed by atoms with E-state index >= 15 is 0 Å². The van der Waals surface area contributed by atoms with E-state index in [0.29, 0.717) is 0 Å². The van der Waals surface area contributed by atoms with Gasteiger partial charge in [0, 0.05) is 34.9 Å². The van der Waals surface area contributed by atoms with Crippen LogP contribution < -0.4 is 10.6 Å². The summed E-state index contributed by atoms with van der Waals surface area (Å²) in [5.41, 5.74) is 5.59. The van der Waals surface area contributed by atoms with Crippen LogP contribution in [-0.2, 0) is 18.3 Å². The van der Waals surface area contributed by atoms with Crippen LogP contribution in [0.1, 0.15) is 23.7 Å². The molecule has 1 aromatic heterocycles. The van der Waals surface area contributed by atoms with Gasteiger partial charge >= 0.3 is 0 Å². The van der Waals surface area contributed by atoms with E-state index in [1.165, 1.54) is 28.2 Å². The molecule has 1 fully saturated rings. The lowest BCUT2D eigenvalue weighted by Gasteiger charge is -2.12. The number of thioether (sulfide) groups is 1. The van der Waals surface area contributed by atoms with Gasteiger partial charge in [-0.1, -0.05) is 49.0 Å². The van der Waals surface area contributed by atoms with E-state index in [2.05, 4.69) is 72.5 Å². The first-order valence-electron chi connectivity index (χ1n) is 9.15. The van der Waals surface area contributed by atoms with Crippen LogP contribution in [0.15, 0.2) is 53.4 Å². The maximum atomic E-state index is 12.5. The van der Waals surface area contributed by atoms with Gasteiger partial charge in [0.15, 0.2) is 5.50 Å². The second-order valence-electron chi connectivity index (χ2n) is 6.75. The first-order chi connectivity index (χ1) is 13.1. The first-order valence-corrected chi connectivity index (χ1v) is 10.0. The number of fused-ring (bicyclic) bond motifs is 1. The average molecular weight is 378 g/mol. The summed E-state index contributed by atoms with van der Waals surface area (Å²) in [6.45, 7) is 4.23. The molecular formula is C22H23N3OS. The molecule has 1 atom stereocenters. The van der Waals surface area contributed by atoms with Gasteiger partial charge in [-0.3, -0.25) is 4.79 Å². The number of anilines is 1. The Morgan fingerprint density at radius 2 is 1.93 bits per heavy atom. The van der Waals surface area contributed by atoms with Gasteiger partial charge in [-0.05, 0) is 43.2 Å². The average Bonchev–Trinajstić information content (AvgIpc) is 3.15. The zero-order chi connectivity index (χ0) is 19.0. The third-order valence-corrected chi connectivity index (χ3v) is 6.14. The summed E-state index contributed by atoms with van der Waals surface area (Å²) >= 11 is 1.52. The quantitative estimate of drug-likeness (QED) is 0.651. The summed E-state index contributed by atoms with van der Waals surface area (Å²) in [5.74, 6) is -0.0324. The van der Waals surface area contributed by atoms with E-state index in [0.717, 1.165) is 28.3 Å². The number of aromatic nitrogens is 1. The molecule has 5 heteroatoms. The molecule has 0 unspecified atom stereocenters. The lowest BCUT2D eigenvalue weighted by Crippen LogP contribution is -2.30. The SMILES string of the molecule is CCc1ccc(N[C@H]2NC(=O)/C(=C/c3c(C)n(C)c4ccccc34)S2)cc1. The van der Waals surface area contributed by atoms with Crippen LogP contribution in [0.3, 0.4) is 0 Å². The lowest BCUT2D eigenvalue weighted by molar-refractivity contribution is -0.116. The third-order valence-electron chi connectivity index (χ3n) is 5.11. The predicted octanol–water partition coefficient (Wildman–Crippen LogP) is 4.65. The van der Waals surface area contributed by atoms with Gasteiger partial charge in [0.05, 0.1) is 4.91 Å². The van der Waals surface area contributed by atoms with Gasteiger partial charge in [-0.25, -0.2) is 0 Å². The zero-order valence-electron chi connectivity index (χ0n) is 15.7. The van der Waals surface area contributed by atoms with Crippen LogP contribution in [0.25, 0.3) is 17.0 Å². The Balaban J connectivity index is 1.58. The van der Waals surface area contributed by atoms with E-state index in [1.807, 2.05) is 18.2 Å². The Hall–Kier alpha value is -2.66. The van der Waals surface area contributed by atoms with E-state index in [9.17, 15) is 4.79 Å². The number of nitrogens with one attached hydrogen (secondary N) is 2. The summed E-state index contributed by atoms with van der Waals surface area (Å²) in [6.07, 6.45) is 3.03. The molecule has 0 saturated carbocycles. The standard InChI is InChI=1S/C22H23N3OS/c1-4-15-9-11-16(12-10-15)23-22-24-21(26)20(27-22)13-18-14(2)25(3)19-8-6-5-7-17(18)19/h5-13,22-23H,4H2,1-3H3,(H,24,26)/b20-13-/t22-/m0/s1. The van der Waals surface area contributed by atoms with Gasteiger partial charge < -0.3 is 15.2 Å². The molecule has 138 valence electrons. The van der Waals surface area contributed by atoms with Crippen molar-refractivity contribution >= 4 is 40.3 Å². The maximum Gasteiger partial charge on any atom is 0.260 e. The molecule has 1 aliphatic heterocycles. The maximum absolute atomic E-state index is 12.5. The molecular weight excluding hydrogens is 354 g/mol. The minimum Gasteiger partial charge on any atom is -0.357 e. The number of rotatable bonds is 4. The van der Waals surface area contributed by atoms with E-state index in [1.54, 1.807) is 0 Å². The number of carbonyl (C=O) groups is 1. The number of hydrogen-bond donors (Lipinski definition) is 2. The van der Waals surface area contributed by atoms with E-state index in [4.69, 9.17) is 0 Å². The highest BCUT2D eigenvalue weighted by atomic mass is 32.2. The number of para-hydroxylation sites is 1. The van der Waals surface area contributed by atoms with Crippen LogP contribution >= 0.6 is 11.8 Å². The molecule has 0 aliphatic carbocycles. The largest absolute Gasteiger partial charge is 0.357 e. The molecule has 2 aromatic carbocycles. The Bertz CT molecular complexity index is 1030. The second kappa shape index (κ2) is 7.16. The van der Waals surface area contributed by atoms with Crippen molar-refractivity contribution in [3.63, 3.8) is 0 Å². The number of hydrogen-bond acceptors (Lipinski definition) is 3. The highest BCUT2D eigenvalue weighted by Gasteiger charge is 2.27. The minimum atomic E-state index is -0.161. The highest BCUT2D eigenvalue weighted by Crippen LogP contribution is 2.33. The number of aryl methyl sites for hydroxylation is 2. The molecule has 3 aromatic rings. The normalized spacial score (nSPS) is 18.3. The molecule has 0 spiro atoms. The monoisotopic (exact) mass is 377 g/mol. The van der Waals surface area contributed by atoms with Crippen LogP contribution in [-0.4, -0.2) is 16.0 Å². The van der Waals surface area contributed by atoms with Crippen molar-refractivity contribution < 1.29 is 4.79 Å². The third kappa shape index (κ3) is 3.35. The molecule has 27 heavy (non-hydrogen) atoms. The van der Waals surface area contributed by atoms with Gasteiger partial charge in [-0.2, -0.15) is 0 Å². The second-order valence-corrected chi connectivity index (χ2v) is 7.90. The van der Waals surface area contributed by atoms with Crippen LogP contribution in [0.5, 0.6) is 0 Å². The van der Waals surface area contributed by atoms with Crippen molar-refractivity contribution in [1.29, 1.82) is 0 Å². The number of carbonyl (C=O) groups excluding carboxylic acids is 1. The fourth-order valence-corrected chi connectivity index (χ4v) is 4.38. The summed E-state index contributed by atoms with van der Waals surface area (Å²) in [7, 11) is 2.06. The molecule has 2 heterocycles. The lowest BCUT2D eigenvalue weighted by atomic mass is 10.1. The van der Waals surface area contributed by atoms with Crippen LogP contribution in [0, 0.1) is 6.92 Å². The van der Waals surface area contributed by atoms with Crippen molar-refractivity contribution in [2.75, 3.05) is 5.32 Å². The molecule has 1 saturated heterocycles. The Morgan fingerprint density at radius 3 is 2.67 bits per heavy atom. The topological polar surface area (TPSA) is 46.1 Å². The zero-order valence-corrected chi connectivity index (χ0v) is 16.6. The van der Waals surface area contributed by atoms with Gasteiger partial charge in [0.2, 0.25) is 0 Å². The van der Waals surface area contributed by atoms with Crippen molar-refractivity contribution in [2.24, 2.45) is 7.05 Å².